The van der Waals surface area contributed by atoms with E-state index in [4.69, 9.17) is 10.8 Å². The van der Waals surface area contributed by atoms with E-state index in [-0.39, 0.29) is 12.1 Å². The molecule has 5 nitrogen and oxygen atoms in total. The van der Waals surface area contributed by atoms with E-state index >= 15 is 0 Å². The van der Waals surface area contributed by atoms with Crippen LogP contribution in [-0.2, 0) is 4.79 Å². The number of urea groups is 1. The third-order valence-corrected chi connectivity index (χ3v) is 2.26. The van der Waals surface area contributed by atoms with Gasteiger partial charge < -0.3 is 10.8 Å². The average molecular weight is 240 g/mol. The average Bonchev–Trinajstić information content (AvgIpc) is 2.19. The first-order valence-electron chi connectivity index (χ1n) is 4.98. The van der Waals surface area contributed by atoms with Crippen molar-refractivity contribution in [3.8, 4) is 0 Å². The van der Waals surface area contributed by atoms with Gasteiger partial charge in [-0.15, -0.1) is 0 Å². The van der Waals surface area contributed by atoms with Crippen LogP contribution in [0.1, 0.15) is 13.3 Å². The number of halogens is 1. The van der Waals surface area contributed by atoms with E-state index in [0.29, 0.717) is 0 Å². The monoisotopic (exact) mass is 240 g/mol. The second-order valence-electron chi connectivity index (χ2n) is 3.61. The summed E-state index contributed by atoms with van der Waals surface area (Å²) in [4.78, 5) is 22.8. The number of carbonyl (C=O) groups is 2. The van der Waals surface area contributed by atoms with E-state index in [1.807, 2.05) is 0 Å². The molecule has 0 radical (unpaired) electrons. The molecule has 0 aliphatic rings. The molecule has 0 spiro atoms. The predicted octanol–water partition coefficient (Wildman–Crippen LogP) is 1.57. The first kappa shape index (κ1) is 13.0. The second kappa shape index (κ2) is 5.29. The minimum atomic E-state index is -1.08. The highest BCUT2D eigenvalue weighted by molar-refractivity contribution is 5.92. The lowest BCUT2D eigenvalue weighted by Gasteiger charge is -2.26. The highest BCUT2D eigenvalue weighted by Crippen LogP contribution is 2.21. The summed E-state index contributed by atoms with van der Waals surface area (Å²) >= 11 is 0. The molecule has 0 bridgehead atoms. The third-order valence-electron chi connectivity index (χ3n) is 2.26. The van der Waals surface area contributed by atoms with E-state index in [1.165, 1.54) is 25.1 Å². The fourth-order valence-corrected chi connectivity index (χ4v) is 1.56. The van der Waals surface area contributed by atoms with Gasteiger partial charge in [0.25, 0.3) is 0 Å². The summed E-state index contributed by atoms with van der Waals surface area (Å²) in [5.74, 6) is -1.70. The molecule has 0 aliphatic heterocycles. The van der Waals surface area contributed by atoms with E-state index in [1.54, 1.807) is 6.07 Å². The Morgan fingerprint density at radius 2 is 2.06 bits per heavy atom. The maximum atomic E-state index is 13.5. The number of carboxylic acid groups (broad SMARTS) is 1. The van der Waals surface area contributed by atoms with Gasteiger partial charge in [-0.1, -0.05) is 12.1 Å². The largest absolute Gasteiger partial charge is 0.481 e. The van der Waals surface area contributed by atoms with E-state index in [9.17, 15) is 14.0 Å². The molecule has 0 aromatic heterocycles. The molecule has 1 unspecified atom stereocenters. The number of benzene rings is 1. The highest BCUT2D eigenvalue weighted by Gasteiger charge is 2.24. The standard InChI is InChI=1S/C11H13FN2O3/c1-7(6-10(15)16)14(11(13)17)9-5-3-2-4-8(9)12/h2-5,7H,6H2,1H3,(H2,13,17)(H,15,16). The molecule has 0 aliphatic carbocycles. The molecule has 92 valence electrons. The third kappa shape index (κ3) is 3.17. The number of rotatable bonds is 4. The number of anilines is 1. The van der Waals surface area contributed by atoms with Gasteiger partial charge in [0.15, 0.2) is 0 Å². The lowest BCUT2D eigenvalue weighted by Crippen LogP contribution is -2.43. The number of nitrogens with zero attached hydrogens (tertiary/aromatic N) is 1. The van der Waals surface area contributed by atoms with E-state index in [2.05, 4.69) is 0 Å². The van der Waals surface area contributed by atoms with Gasteiger partial charge in [-0.25, -0.2) is 9.18 Å². The molecular formula is C11H13FN2O3. The molecule has 17 heavy (non-hydrogen) atoms. The van der Waals surface area contributed by atoms with Crippen molar-refractivity contribution in [1.82, 2.24) is 0 Å². The van der Waals surface area contributed by atoms with Gasteiger partial charge in [-0.05, 0) is 19.1 Å². The van der Waals surface area contributed by atoms with Gasteiger partial charge in [0.2, 0.25) is 0 Å². The van der Waals surface area contributed by atoms with Gasteiger partial charge in [0, 0.05) is 6.04 Å². The van der Waals surface area contributed by atoms with Crippen molar-refractivity contribution in [2.24, 2.45) is 5.73 Å². The number of primary amides is 1. The second-order valence-corrected chi connectivity index (χ2v) is 3.61. The molecule has 0 saturated carbocycles. The maximum absolute atomic E-state index is 13.5. The number of para-hydroxylation sites is 1. The Bertz CT molecular complexity index is 436. The van der Waals surface area contributed by atoms with E-state index < -0.39 is 23.9 Å². The molecule has 1 rings (SSSR count). The fourth-order valence-electron chi connectivity index (χ4n) is 1.56. The number of amides is 2. The van der Waals surface area contributed by atoms with Gasteiger partial charge in [-0.3, -0.25) is 9.69 Å². The summed E-state index contributed by atoms with van der Waals surface area (Å²) in [5, 5.41) is 8.66. The lowest BCUT2D eigenvalue weighted by atomic mass is 10.1. The molecule has 1 aromatic rings. The summed E-state index contributed by atoms with van der Waals surface area (Å²) in [6.45, 7) is 1.49. The zero-order valence-electron chi connectivity index (χ0n) is 9.26. The number of carboxylic acids is 1. The molecule has 6 heteroatoms. The summed E-state index contributed by atoms with van der Waals surface area (Å²) in [7, 11) is 0. The van der Waals surface area contributed by atoms with Crippen molar-refractivity contribution in [3.05, 3.63) is 30.1 Å². The van der Waals surface area contributed by atoms with Crippen molar-refractivity contribution >= 4 is 17.7 Å². The summed E-state index contributed by atoms with van der Waals surface area (Å²) in [5.41, 5.74) is 5.12. The van der Waals surface area contributed by atoms with Crippen molar-refractivity contribution in [3.63, 3.8) is 0 Å². The lowest BCUT2D eigenvalue weighted by molar-refractivity contribution is -0.137. The Balaban J connectivity index is 3.06. The van der Waals surface area contributed by atoms with Crippen LogP contribution in [0.3, 0.4) is 0 Å². The van der Waals surface area contributed by atoms with Gasteiger partial charge in [0.1, 0.15) is 5.82 Å². The number of hydrogen-bond acceptors (Lipinski definition) is 2. The van der Waals surface area contributed by atoms with Gasteiger partial charge in [-0.2, -0.15) is 0 Å². The Kier molecular flexibility index (Phi) is 4.03. The van der Waals surface area contributed by atoms with Crippen molar-refractivity contribution < 1.29 is 19.1 Å². The van der Waals surface area contributed by atoms with Crippen LogP contribution in [0.25, 0.3) is 0 Å². The smallest absolute Gasteiger partial charge is 0.319 e. The first-order valence-corrected chi connectivity index (χ1v) is 4.98. The van der Waals surface area contributed by atoms with Crippen LogP contribution in [-0.4, -0.2) is 23.1 Å². The maximum Gasteiger partial charge on any atom is 0.319 e. The Morgan fingerprint density at radius 1 is 1.47 bits per heavy atom. The molecule has 1 aromatic carbocycles. The number of aliphatic carboxylic acids is 1. The highest BCUT2D eigenvalue weighted by atomic mass is 19.1. The SMILES string of the molecule is CC(CC(=O)O)N(C(N)=O)c1ccccc1F. The molecule has 3 N–H and O–H groups in total. The van der Waals surface area contributed by atoms with Crippen molar-refractivity contribution in [2.75, 3.05) is 4.90 Å². The zero-order valence-corrected chi connectivity index (χ0v) is 9.26. The van der Waals surface area contributed by atoms with Crippen molar-refractivity contribution in [1.29, 1.82) is 0 Å². The van der Waals surface area contributed by atoms with Crippen LogP contribution >= 0.6 is 0 Å². The normalized spacial score (nSPS) is 11.9. The Hall–Kier alpha value is -2.11. The minimum Gasteiger partial charge on any atom is -0.481 e. The Labute approximate surface area is 97.6 Å². The van der Waals surface area contributed by atoms with Crippen LogP contribution in [0.2, 0.25) is 0 Å². The number of hydrogen-bond donors (Lipinski definition) is 2. The van der Waals surface area contributed by atoms with E-state index in [0.717, 1.165) is 4.90 Å². The first-order chi connectivity index (χ1) is 7.93. The Morgan fingerprint density at radius 3 is 2.53 bits per heavy atom. The van der Waals surface area contributed by atoms with Crippen LogP contribution in [0.5, 0.6) is 0 Å². The summed E-state index contributed by atoms with van der Waals surface area (Å²) < 4.78 is 13.5. The molecule has 1 atom stereocenters. The van der Waals surface area contributed by atoms with Crippen LogP contribution < -0.4 is 10.6 Å². The van der Waals surface area contributed by atoms with Crippen LogP contribution in [0.15, 0.2) is 24.3 Å². The molecule has 2 amide bonds. The molecule has 0 heterocycles. The van der Waals surface area contributed by atoms with Gasteiger partial charge in [0.05, 0.1) is 12.1 Å². The van der Waals surface area contributed by atoms with Gasteiger partial charge >= 0.3 is 12.0 Å². The topological polar surface area (TPSA) is 83.6 Å². The zero-order chi connectivity index (χ0) is 13.0. The molecular weight excluding hydrogens is 227 g/mol. The summed E-state index contributed by atoms with van der Waals surface area (Å²) in [6.07, 6.45) is -0.308. The van der Waals surface area contributed by atoms with Crippen LogP contribution in [0, 0.1) is 5.82 Å². The molecule has 0 saturated heterocycles. The number of nitrogens with two attached hydrogens (primary N) is 1. The molecule has 0 fully saturated rings. The predicted molar refractivity (Wildman–Crippen MR) is 60.2 cm³/mol. The quantitative estimate of drug-likeness (QED) is 0.837. The number of carbonyl (C=O) groups excluding carboxylic acids is 1. The van der Waals surface area contributed by atoms with Crippen LogP contribution in [0.4, 0.5) is 14.9 Å². The minimum absolute atomic E-state index is 0.0197. The fraction of sp³-hybridized carbons (Fsp3) is 0.273. The van der Waals surface area contributed by atoms with Crippen molar-refractivity contribution in [2.45, 2.75) is 19.4 Å². The summed E-state index contributed by atoms with van der Waals surface area (Å²) in [6, 6.07) is 3.96.